The molecule has 0 unspecified atom stereocenters. The molecule has 20 heavy (non-hydrogen) atoms. The van der Waals surface area contributed by atoms with Crippen LogP contribution >= 0.6 is 0 Å². The van der Waals surface area contributed by atoms with E-state index in [1.807, 2.05) is 0 Å². The maximum Gasteiger partial charge on any atom is 0.229 e. The molecule has 5 atom stereocenters. The van der Waals surface area contributed by atoms with Gasteiger partial charge in [0.1, 0.15) is 30.2 Å². The smallest absolute Gasteiger partial charge is 0.229 e. The second-order valence-electron chi connectivity index (χ2n) is 4.58. The maximum absolute atomic E-state index is 9.84. The van der Waals surface area contributed by atoms with Crippen LogP contribution in [0.4, 0.5) is 0 Å². The fraction of sp³-hybridized carbons (Fsp3) is 0.538. The van der Waals surface area contributed by atoms with E-state index in [1.165, 1.54) is 0 Å². The van der Waals surface area contributed by atoms with E-state index in [4.69, 9.17) is 14.6 Å². The molecule has 1 aromatic carbocycles. The Morgan fingerprint density at radius 1 is 1.00 bits per heavy atom. The zero-order chi connectivity index (χ0) is 14.7. The Morgan fingerprint density at radius 3 is 2.35 bits per heavy atom. The predicted octanol–water partition coefficient (Wildman–Crippen LogP) is -1.64. The van der Waals surface area contributed by atoms with Gasteiger partial charge in [-0.25, -0.2) is 0 Å². The molecule has 1 aliphatic rings. The summed E-state index contributed by atoms with van der Waals surface area (Å²) in [6.45, 7) is -0.778. The van der Waals surface area contributed by atoms with E-state index >= 15 is 0 Å². The standard InChI is InChI=1S/C13H18O7/c14-5-7-3-1-2-4-8(7)19-13-12(18)11(17)10(16)9(6-15)20-13/h1-4,9-18H,5-6H2/t9-,10-,11+,12-,13-/m0/s1. The highest BCUT2D eigenvalue weighted by Crippen LogP contribution is 2.26. The van der Waals surface area contributed by atoms with Gasteiger partial charge in [0.2, 0.25) is 6.29 Å². The molecule has 1 fully saturated rings. The molecule has 7 nitrogen and oxygen atoms in total. The second-order valence-corrected chi connectivity index (χ2v) is 4.58. The molecule has 7 heteroatoms. The molecule has 1 aromatic rings. The Hall–Kier alpha value is -1.22. The molecule has 0 amide bonds. The molecular weight excluding hydrogens is 268 g/mol. The lowest BCUT2D eigenvalue weighted by molar-refractivity contribution is -0.277. The molecule has 1 aliphatic heterocycles. The van der Waals surface area contributed by atoms with Crippen LogP contribution in [0.2, 0.25) is 0 Å². The van der Waals surface area contributed by atoms with Crippen molar-refractivity contribution in [3.63, 3.8) is 0 Å². The highest BCUT2D eigenvalue weighted by molar-refractivity contribution is 5.32. The van der Waals surface area contributed by atoms with Crippen molar-refractivity contribution in [1.29, 1.82) is 0 Å². The molecule has 0 bridgehead atoms. The summed E-state index contributed by atoms with van der Waals surface area (Å²) in [5.74, 6) is 0.291. The third-order valence-electron chi connectivity index (χ3n) is 3.23. The molecular formula is C13H18O7. The van der Waals surface area contributed by atoms with Gasteiger partial charge in [-0.2, -0.15) is 0 Å². The van der Waals surface area contributed by atoms with Crippen molar-refractivity contribution in [2.45, 2.75) is 37.3 Å². The number of hydrogen-bond acceptors (Lipinski definition) is 7. The van der Waals surface area contributed by atoms with Crippen molar-refractivity contribution in [2.24, 2.45) is 0 Å². The van der Waals surface area contributed by atoms with Crippen LogP contribution < -0.4 is 4.74 Å². The van der Waals surface area contributed by atoms with Crippen LogP contribution in [0.1, 0.15) is 5.56 Å². The van der Waals surface area contributed by atoms with E-state index in [1.54, 1.807) is 24.3 Å². The fourth-order valence-electron chi connectivity index (χ4n) is 2.04. The molecule has 0 radical (unpaired) electrons. The lowest BCUT2D eigenvalue weighted by Gasteiger charge is -2.39. The average Bonchev–Trinajstić information content (AvgIpc) is 2.48. The van der Waals surface area contributed by atoms with Crippen molar-refractivity contribution in [2.75, 3.05) is 6.61 Å². The summed E-state index contributed by atoms with van der Waals surface area (Å²) >= 11 is 0. The Balaban J connectivity index is 2.15. The van der Waals surface area contributed by atoms with Gasteiger partial charge in [-0.05, 0) is 6.07 Å². The molecule has 1 saturated heterocycles. The van der Waals surface area contributed by atoms with Crippen LogP contribution in [-0.4, -0.2) is 62.8 Å². The third kappa shape index (κ3) is 2.93. The first-order chi connectivity index (χ1) is 9.58. The topological polar surface area (TPSA) is 120 Å². The highest BCUT2D eigenvalue weighted by Gasteiger charge is 2.44. The van der Waals surface area contributed by atoms with Gasteiger partial charge < -0.3 is 35.0 Å². The van der Waals surface area contributed by atoms with Crippen molar-refractivity contribution in [3.05, 3.63) is 29.8 Å². The number of benzene rings is 1. The molecule has 2 rings (SSSR count). The van der Waals surface area contributed by atoms with E-state index in [-0.39, 0.29) is 6.61 Å². The van der Waals surface area contributed by atoms with Gasteiger partial charge in [-0.3, -0.25) is 0 Å². The summed E-state index contributed by atoms with van der Waals surface area (Å²) in [6.07, 6.45) is -6.67. The Morgan fingerprint density at radius 2 is 1.70 bits per heavy atom. The number of ether oxygens (including phenoxy) is 2. The summed E-state index contributed by atoms with van der Waals surface area (Å²) in [5, 5.41) is 47.4. The number of aliphatic hydroxyl groups is 5. The van der Waals surface area contributed by atoms with Crippen molar-refractivity contribution >= 4 is 0 Å². The van der Waals surface area contributed by atoms with Crippen LogP contribution in [0.25, 0.3) is 0 Å². The van der Waals surface area contributed by atoms with Crippen LogP contribution in [0.3, 0.4) is 0 Å². The number of aliphatic hydroxyl groups excluding tert-OH is 5. The first-order valence-corrected chi connectivity index (χ1v) is 6.24. The largest absolute Gasteiger partial charge is 0.462 e. The molecule has 112 valence electrons. The monoisotopic (exact) mass is 286 g/mol. The quantitative estimate of drug-likeness (QED) is 0.450. The molecule has 1 heterocycles. The van der Waals surface area contributed by atoms with E-state index in [0.29, 0.717) is 11.3 Å². The summed E-state index contributed by atoms with van der Waals surface area (Å²) < 4.78 is 10.6. The van der Waals surface area contributed by atoms with E-state index in [2.05, 4.69) is 0 Å². The van der Waals surface area contributed by atoms with Crippen molar-refractivity contribution < 1.29 is 35.0 Å². The Bertz CT molecular complexity index is 436. The molecule has 5 N–H and O–H groups in total. The van der Waals surface area contributed by atoms with Crippen LogP contribution in [0.5, 0.6) is 5.75 Å². The molecule has 0 spiro atoms. The zero-order valence-corrected chi connectivity index (χ0v) is 10.7. The number of rotatable bonds is 4. The Labute approximate surface area is 115 Å². The number of hydrogen-bond donors (Lipinski definition) is 5. The average molecular weight is 286 g/mol. The van der Waals surface area contributed by atoms with Crippen LogP contribution in [0, 0.1) is 0 Å². The first-order valence-electron chi connectivity index (χ1n) is 6.24. The Kier molecular flexibility index (Phi) is 4.92. The molecule has 0 aromatic heterocycles. The van der Waals surface area contributed by atoms with E-state index in [9.17, 15) is 20.4 Å². The van der Waals surface area contributed by atoms with Gasteiger partial charge in [0.15, 0.2) is 0 Å². The summed E-state index contributed by atoms with van der Waals surface area (Å²) in [7, 11) is 0. The van der Waals surface area contributed by atoms with Gasteiger partial charge in [0.25, 0.3) is 0 Å². The molecule has 0 aliphatic carbocycles. The van der Waals surface area contributed by atoms with Gasteiger partial charge in [0, 0.05) is 5.56 Å². The van der Waals surface area contributed by atoms with Crippen LogP contribution in [-0.2, 0) is 11.3 Å². The third-order valence-corrected chi connectivity index (χ3v) is 3.23. The van der Waals surface area contributed by atoms with Crippen LogP contribution in [0.15, 0.2) is 24.3 Å². The minimum atomic E-state index is -1.49. The molecule has 0 saturated carbocycles. The SMILES string of the molecule is OCc1ccccc1O[C@H]1O[C@@H](CO)[C@H](O)[C@@H](O)[C@@H]1O. The summed E-state index contributed by atoms with van der Waals surface area (Å²) in [4.78, 5) is 0. The van der Waals surface area contributed by atoms with E-state index in [0.717, 1.165) is 0 Å². The lowest BCUT2D eigenvalue weighted by Crippen LogP contribution is -2.60. The number of para-hydroxylation sites is 1. The van der Waals surface area contributed by atoms with Crippen molar-refractivity contribution in [3.8, 4) is 5.75 Å². The van der Waals surface area contributed by atoms with Crippen molar-refractivity contribution in [1.82, 2.24) is 0 Å². The van der Waals surface area contributed by atoms with Gasteiger partial charge >= 0.3 is 0 Å². The van der Waals surface area contributed by atoms with Gasteiger partial charge in [0.05, 0.1) is 13.2 Å². The highest BCUT2D eigenvalue weighted by atomic mass is 16.7. The predicted molar refractivity (Wildman–Crippen MR) is 66.8 cm³/mol. The minimum Gasteiger partial charge on any atom is -0.462 e. The normalized spacial score (nSPS) is 34.0. The first kappa shape index (κ1) is 15.2. The fourth-order valence-corrected chi connectivity index (χ4v) is 2.04. The minimum absolute atomic E-state index is 0.256. The second kappa shape index (κ2) is 6.49. The lowest BCUT2D eigenvalue weighted by atomic mass is 9.99. The van der Waals surface area contributed by atoms with Gasteiger partial charge in [-0.15, -0.1) is 0 Å². The van der Waals surface area contributed by atoms with E-state index < -0.39 is 37.3 Å². The maximum atomic E-state index is 9.84. The van der Waals surface area contributed by atoms with Gasteiger partial charge in [-0.1, -0.05) is 18.2 Å². The zero-order valence-electron chi connectivity index (χ0n) is 10.7. The summed E-state index contributed by atoms with van der Waals surface area (Å²) in [6, 6.07) is 6.61. The summed E-state index contributed by atoms with van der Waals surface area (Å²) in [5.41, 5.74) is 0.490.